The molecule has 0 atom stereocenters. The van der Waals surface area contributed by atoms with E-state index in [1.807, 2.05) is 35.0 Å². The van der Waals surface area contributed by atoms with Crippen LogP contribution in [0.1, 0.15) is 19.8 Å². The molecule has 9 heteroatoms. The molecule has 2 aromatic carbocycles. The Morgan fingerprint density at radius 1 is 1.07 bits per heavy atom. The van der Waals surface area contributed by atoms with Gasteiger partial charge in [-0.2, -0.15) is 0 Å². The van der Waals surface area contributed by atoms with Gasteiger partial charge in [0.15, 0.2) is 0 Å². The average Bonchev–Trinajstić information content (AvgIpc) is 3.26. The van der Waals surface area contributed by atoms with Gasteiger partial charge in [0.1, 0.15) is 5.75 Å². The molecule has 0 aliphatic heterocycles. The summed E-state index contributed by atoms with van der Waals surface area (Å²) in [6.07, 6.45) is 6.69. The molecule has 0 bridgehead atoms. The molecule has 2 N–H and O–H groups in total. The molecule has 0 spiro atoms. The maximum atomic E-state index is 12.3. The molecule has 0 aliphatic carbocycles. The Hall–Kier alpha value is -3.17. The minimum Gasteiger partial charge on any atom is -0.494 e. The Labute approximate surface area is 176 Å². The fourth-order valence-electron chi connectivity index (χ4n) is 2.75. The summed E-state index contributed by atoms with van der Waals surface area (Å²) >= 11 is 0. The van der Waals surface area contributed by atoms with Crippen LogP contribution in [0.5, 0.6) is 5.75 Å². The molecule has 158 valence electrons. The van der Waals surface area contributed by atoms with Gasteiger partial charge in [0.25, 0.3) is 0 Å². The van der Waals surface area contributed by atoms with Gasteiger partial charge in [-0.05, 0) is 61.4 Å². The van der Waals surface area contributed by atoms with E-state index < -0.39 is 10.0 Å². The second-order valence-electron chi connectivity index (χ2n) is 6.62. The molecule has 0 radical (unpaired) electrons. The summed E-state index contributed by atoms with van der Waals surface area (Å²) in [6.45, 7) is 2.21. The Balaban J connectivity index is 1.37. The van der Waals surface area contributed by atoms with Crippen molar-refractivity contribution < 1.29 is 17.9 Å². The number of carbonyl (C=O) groups excluding carboxylic acids is 1. The molecule has 8 nitrogen and oxygen atoms in total. The molecule has 1 aromatic heterocycles. The summed E-state index contributed by atoms with van der Waals surface area (Å²) in [6, 6.07) is 13.7. The fraction of sp³-hybridized carbons (Fsp3) is 0.238. The molecule has 0 saturated carbocycles. The van der Waals surface area contributed by atoms with Gasteiger partial charge in [-0.3, -0.25) is 4.79 Å². The highest BCUT2D eigenvalue weighted by atomic mass is 32.2. The van der Waals surface area contributed by atoms with Gasteiger partial charge in [0.05, 0.1) is 17.8 Å². The lowest BCUT2D eigenvalue weighted by Gasteiger charge is -2.09. The van der Waals surface area contributed by atoms with Crippen LogP contribution in [0.4, 0.5) is 5.69 Å². The first kappa shape index (κ1) is 21.5. The fourth-order valence-corrected chi connectivity index (χ4v) is 3.83. The molecular formula is C21H24N4O4S. The number of benzene rings is 2. The largest absolute Gasteiger partial charge is 0.494 e. The minimum atomic E-state index is -3.58. The predicted octanol–water partition coefficient (Wildman–Crippen LogP) is 2.97. The summed E-state index contributed by atoms with van der Waals surface area (Å²) in [4.78, 5) is 15.2. The Morgan fingerprint density at radius 3 is 2.43 bits per heavy atom. The Morgan fingerprint density at radius 2 is 1.80 bits per heavy atom. The molecule has 0 aliphatic rings. The predicted molar refractivity (Wildman–Crippen MR) is 114 cm³/mol. The maximum absolute atomic E-state index is 12.3. The number of nitrogens with one attached hydrogen (secondary N) is 2. The number of imidazole rings is 1. The van der Waals surface area contributed by atoms with E-state index in [1.165, 1.54) is 19.1 Å². The first-order valence-electron chi connectivity index (χ1n) is 9.52. The molecule has 0 saturated heterocycles. The van der Waals surface area contributed by atoms with Crippen molar-refractivity contribution in [3.8, 4) is 11.4 Å². The maximum Gasteiger partial charge on any atom is 0.240 e. The van der Waals surface area contributed by atoms with E-state index >= 15 is 0 Å². The van der Waals surface area contributed by atoms with Gasteiger partial charge in [-0.1, -0.05) is 0 Å². The molecule has 1 heterocycles. The van der Waals surface area contributed by atoms with E-state index in [4.69, 9.17) is 4.74 Å². The third kappa shape index (κ3) is 6.16. The number of ether oxygens (including phenoxy) is 1. The zero-order valence-electron chi connectivity index (χ0n) is 16.6. The number of unbranched alkanes of at least 4 members (excludes halogenated alkanes) is 1. The highest BCUT2D eigenvalue weighted by Crippen LogP contribution is 2.16. The lowest BCUT2D eigenvalue weighted by Crippen LogP contribution is -2.25. The van der Waals surface area contributed by atoms with Crippen molar-refractivity contribution in [1.29, 1.82) is 0 Å². The Bertz CT molecular complexity index is 1050. The first-order valence-corrected chi connectivity index (χ1v) is 11.0. The Kier molecular flexibility index (Phi) is 7.21. The number of amides is 1. The van der Waals surface area contributed by atoms with E-state index in [9.17, 15) is 13.2 Å². The average molecular weight is 429 g/mol. The van der Waals surface area contributed by atoms with Crippen LogP contribution >= 0.6 is 0 Å². The smallest absolute Gasteiger partial charge is 0.240 e. The molecule has 3 rings (SSSR count). The van der Waals surface area contributed by atoms with Gasteiger partial charge in [0.2, 0.25) is 15.9 Å². The van der Waals surface area contributed by atoms with Crippen LogP contribution in [-0.2, 0) is 14.8 Å². The molecule has 0 fully saturated rings. The van der Waals surface area contributed by atoms with E-state index in [2.05, 4.69) is 15.0 Å². The minimum absolute atomic E-state index is 0.158. The summed E-state index contributed by atoms with van der Waals surface area (Å²) in [5.74, 6) is 0.554. The van der Waals surface area contributed by atoms with Crippen LogP contribution in [-0.4, -0.2) is 37.0 Å². The van der Waals surface area contributed by atoms with Crippen molar-refractivity contribution in [2.45, 2.75) is 24.7 Å². The van der Waals surface area contributed by atoms with Crippen LogP contribution in [0, 0.1) is 0 Å². The highest BCUT2D eigenvalue weighted by Gasteiger charge is 2.13. The third-order valence-corrected chi connectivity index (χ3v) is 5.73. The second-order valence-corrected chi connectivity index (χ2v) is 8.39. The van der Waals surface area contributed by atoms with Crippen molar-refractivity contribution in [3.05, 3.63) is 67.3 Å². The van der Waals surface area contributed by atoms with Crippen LogP contribution < -0.4 is 14.8 Å². The van der Waals surface area contributed by atoms with Crippen molar-refractivity contribution >= 4 is 21.6 Å². The van der Waals surface area contributed by atoms with Gasteiger partial charge in [-0.15, -0.1) is 0 Å². The molecule has 3 aromatic rings. The highest BCUT2D eigenvalue weighted by molar-refractivity contribution is 7.89. The SMILES string of the molecule is CC(=O)Nc1ccc(S(=O)(=O)NCCCCOc2ccc(-n3ccnc3)cc2)cc1. The first-order chi connectivity index (χ1) is 14.4. The molecule has 30 heavy (non-hydrogen) atoms. The summed E-state index contributed by atoms with van der Waals surface area (Å²) in [5, 5.41) is 2.60. The van der Waals surface area contributed by atoms with Crippen LogP contribution in [0.2, 0.25) is 0 Å². The molecule has 0 unspecified atom stereocenters. The van der Waals surface area contributed by atoms with Crippen molar-refractivity contribution in [2.75, 3.05) is 18.5 Å². The van der Waals surface area contributed by atoms with Crippen LogP contribution in [0.15, 0.2) is 72.1 Å². The second kappa shape index (κ2) is 10.0. The zero-order valence-corrected chi connectivity index (χ0v) is 17.4. The number of aromatic nitrogens is 2. The quantitative estimate of drug-likeness (QED) is 0.484. The lowest BCUT2D eigenvalue weighted by atomic mass is 10.3. The molecule has 1 amide bonds. The van der Waals surface area contributed by atoms with Crippen LogP contribution in [0.3, 0.4) is 0 Å². The number of sulfonamides is 1. The number of hydrogen-bond acceptors (Lipinski definition) is 5. The number of anilines is 1. The standard InChI is InChI=1S/C21H24N4O4S/c1-17(26)24-18-4-10-21(11-5-18)30(27,28)23-12-2-3-15-29-20-8-6-19(7-9-20)25-14-13-22-16-25/h4-11,13-14,16,23H,2-3,12,15H2,1H3,(H,24,26). The van der Waals surface area contributed by atoms with E-state index in [0.717, 1.165) is 11.4 Å². The van der Waals surface area contributed by atoms with Gasteiger partial charge >= 0.3 is 0 Å². The monoisotopic (exact) mass is 428 g/mol. The van der Waals surface area contributed by atoms with E-state index in [1.54, 1.807) is 24.7 Å². The number of hydrogen-bond donors (Lipinski definition) is 2. The normalized spacial score (nSPS) is 11.2. The van der Waals surface area contributed by atoms with Gasteiger partial charge < -0.3 is 14.6 Å². The topological polar surface area (TPSA) is 102 Å². The van der Waals surface area contributed by atoms with Crippen molar-refractivity contribution in [3.63, 3.8) is 0 Å². The van der Waals surface area contributed by atoms with E-state index in [0.29, 0.717) is 31.7 Å². The third-order valence-electron chi connectivity index (χ3n) is 4.26. The number of nitrogens with zero attached hydrogens (tertiary/aromatic N) is 2. The molecular weight excluding hydrogens is 404 g/mol. The van der Waals surface area contributed by atoms with E-state index in [-0.39, 0.29) is 10.8 Å². The zero-order chi connectivity index (χ0) is 21.4. The van der Waals surface area contributed by atoms with Crippen molar-refractivity contribution in [2.24, 2.45) is 0 Å². The number of carbonyl (C=O) groups is 1. The van der Waals surface area contributed by atoms with Gasteiger partial charge in [-0.25, -0.2) is 18.1 Å². The lowest BCUT2D eigenvalue weighted by molar-refractivity contribution is -0.114. The summed E-state index contributed by atoms with van der Waals surface area (Å²) in [7, 11) is -3.58. The van der Waals surface area contributed by atoms with Gasteiger partial charge in [0, 0.05) is 37.2 Å². The number of rotatable bonds is 10. The summed E-state index contributed by atoms with van der Waals surface area (Å²) in [5.41, 5.74) is 1.55. The van der Waals surface area contributed by atoms with Crippen LogP contribution in [0.25, 0.3) is 5.69 Å². The van der Waals surface area contributed by atoms with Crippen molar-refractivity contribution in [1.82, 2.24) is 14.3 Å². The summed E-state index contributed by atoms with van der Waals surface area (Å²) < 4.78 is 34.8.